The maximum Gasteiger partial charge on any atom is 0.253 e. The van der Waals surface area contributed by atoms with Gasteiger partial charge in [-0.3, -0.25) is 4.79 Å². The molecule has 3 heteroatoms. The lowest BCUT2D eigenvalue weighted by Crippen LogP contribution is -2.32. The number of hydrogen-bond acceptors (Lipinski definition) is 2. The van der Waals surface area contributed by atoms with Crippen LogP contribution in [0.4, 0.5) is 0 Å². The van der Waals surface area contributed by atoms with Gasteiger partial charge in [-0.05, 0) is 33.0 Å². The highest BCUT2D eigenvalue weighted by Gasteiger charge is 2.09. The van der Waals surface area contributed by atoms with E-state index < -0.39 is 0 Å². The monoisotopic (exact) mass is 338 g/mol. The van der Waals surface area contributed by atoms with Crippen LogP contribution >= 0.6 is 0 Å². The molecule has 1 rings (SSSR count). The van der Waals surface area contributed by atoms with Gasteiger partial charge in [-0.2, -0.15) is 0 Å². The lowest BCUT2D eigenvalue weighted by molar-refractivity contribution is 0.0797. The van der Waals surface area contributed by atoms with Crippen molar-refractivity contribution in [2.24, 2.45) is 0 Å². The molecule has 0 aliphatic heterocycles. The third-order valence-electron chi connectivity index (χ3n) is 2.34. The normalized spacial score (nSPS) is 7.58. The standard InChI is InChI=1S/C12H18N2O.C3H6.3C2H6/c1-10-4-6-11(7-5-10)12(15)14(3)9-8-13-2;1-3-2;3*1-2/h4-7,13H,8-9H2,1-3H3;3H,1H2,2H3;3*1-2H3. The Morgan fingerprint density at radius 1 is 1.08 bits per heavy atom. The topological polar surface area (TPSA) is 32.3 Å². The van der Waals surface area contributed by atoms with Crippen LogP contribution in [-0.4, -0.2) is 38.0 Å². The number of carbonyl (C=O) groups is 1. The number of nitrogens with one attached hydrogen (secondary N) is 1. The van der Waals surface area contributed by atoms with Gasteiger partial charge in [0.1, 0.15) is 0 Å². The number of hydrogen-bond donors (Lipinski definition) is 1. The molecule has 0 spiro atoms. The van der Waals surface area contributed by atoms with E-state index in [4.69, 9.17) is 0 Å². The molecule has 0 unspecified atom stereocenters. The summed E-state index contributed by atoms with van der Waals surface area (Å²) in [6.07, 6.45) is 1.75. The lowest BCUT2D eigenvalue weighted by atomic mass is 10.1. The Morgan fingerprint density at radius 3 is 1.79 bits per heavy atom. The van der Waals surface area contributed by atoms with Gasteiger partial charge in [-0.25, -0.2) is 0 Å². The van der Waals surface area contributed by atoms with E-state index in [2.05, 4.69) is 11.9 Å². The van der Waals surface area contributed by atoms with E-state index >= 15 is 0 Å². The van der Waals surface area contributed by atoms with E-state index in [1.165, 1.54) is 5.56 Å². The van der Waals surface area contributed by atoms with Crippen molar-refractivity contribution in [2.45, 2.75) is 55.4 Å². The maximum absolute atomic E-state index is 11.9. The van der Waals surface area contributed by atoms with E-state index in [-0.39, 0.29) is 5.91 Å². The van der Waals surface area contributed by atoms with Gasteiger partial charge in [-0.1, -0.05) is 65.3 Å². The molecule has 1 N–H and O–H groups in total. The van der Waals surface area contributed by atoms with Crippen molar-refractivity contribution in [3.63, 3.8) is 0 Å². The van der Waals surface area contributed by atoms with Crippen molar-refractivity contribution in [3.05, 3.63) is 48.0 Å². The van der Waals surface area contributed by atoms with E-state index in [1.807, 2.05) is 93.8 Å². The Hall–Kier alpha value is -1.61. The van der Waals surface area contributed by atoms with Crippen molar-refractivity contribution in [3.8, 4) is 0 Å². The SMILES string of the molecule is C=CC.CC.CC.CC.CNCCN(C)C(=O)c1ccc(C)cc1. The molecule has 0 heterocycles. The van der Waals surface area contributed by atoms with Gasteiger partial charge in [0.15, 0.2) is 0 Å². The summed E-state index contributed by atoms with van der Waals surface area (Å²) in [6.45, 7) is 20.8. The van der Waals surface area contributed by atoms with E-state index in [1.54, 1.807) is 11.0 Å². The van der Waals surface area contributed by atoms with Crippen molar-refractivity contribution in [2.75, 3.05) is 27.2 Å². The van der Waals surface area contributed by atoms with Crippen LogP contribution in [0.2, 0.25) is 0 Å². The first-order chi connectivity index (χ1) is 11.6. The predicted octanol–water partition coefficient (Wildman–Crippen LogP) is 5.56. The Balaban J connectivity index is -0.000000190. The van der Waals surface area contributed by atoms with Crippen LogP contribution in [0.3, 0.4) is 0 Å². The maximum atomic E-state index is 11.9. The minimum absolute atomic E-state index is 0.0743. The Morgan fingerprint density at radius 2 is 1.46 bits per heavy atom. The summed E-state index contributed by atoms with van der Waals surface area (Å²) in [4.78, 5) is 13.6. The molecule has 24 heavy (non-hydrogen) atoms. The molecule has 0 aliphatic rings. The first kappa shape index (κ1) is 30.3. The molecule has 0 atom stereocenters. The molecule has 0 aliphatic carbocycles. The predicted molar refractivity (Wildman–Crippen MR) is 112 cm³/mol. The summed E-state index contributed by atoms with van der Waals surface area (Å²) in [5.74, 6) is 0.0743. The van der Waals surface area contributed by atoms with Crippen LogP contribution in [-0.2, 0) is 0 Å². The van der Waals surface area contributed by atoms with E-state index in [9.17, 15) is 4.79 Å². The molecular formula is C21H42N2O. The molecule has 0 bridgehead atoms. The number of rotatable bonds is 4. The second-order valence-corrected chi connectivity index (χ2v) is 4.10. The molecule has 0 fully saturated rings. The third-order valence-corrected chi connectivity index (χ3v) is 2.34. The highest BCUT2D eigenvalue weighted by molar-refractivity contribution is 5.94. The van der Waals surface area contributed by atoms with Gasteiger partial charge in [0.25, 0.3) is 5.91 Å². The number of allylic oxidation sites excluding steroid dienone is 1. The second-order valence-electron chi connectivity index (χ2n) is 4.10. The number of carbonyl (C=O) groups excluding carboxylic acids is 1. The van der Waals surface area contributed by atoms with Gasteiger partial charge in [0.2, 0.25) is 0 Å². The van der Waals surface area contributed by atoms with Crippen LogP contribution in [0.1, 0.15) is 64.4 Å². The largest absolute Gasteiger partial charge is 0.340 e. The number of likely N-dealkylation sites (N-methyl/N-ethyl adjacent to an activating group) is 2. The zero-order valence-electron chi connectivity index (χ0n) is 17.9. The molecular weight excluding hydrogens is 296 g/mol. The fraction of sp³-hybridized carbons (Fsp3) is 0.571. The summed E-state index contributed by atoms with van der Waals surface area (Å²) in [5.41, 5.74) is 1.92. The van der Waals surface area contributed by atoms with E-state index in [0.29, 0.717) is 0 Å². The Kier molecular flexibility index (Phi) is 33.2. The molecule has 0 radical (unpaired) electrons. The van der Waals surface area contributed by atoms with Crippen molar-refractivity contribution < 1.29 is 4.79 Å². The van der Waals surface area contributed by atoms with Crippen LogP contribution < -0.4 is 5.32 Å². The quantitative estimate of drug-likeness (QED) is 0.729. The summed E-state index contributed by atoms with van der Waals surface area (Å²) in [7, 11) is 3.70. The summed E-state index contributed by atoms with van der Waals surface area (Å²) < 4.78 is 0. The number of aryl methyl sites for hydroxylation is 1. The lowest BCUT2D eigenvalue weighted by Gasteiger charge is -2.16. The zero-order chi connectivity index (χ0) is 20.0. The van der Waals surface area contributed by atoms with Gasteiger partial charge >= 0.3 is 0 Å². The first-order valence-corrected chi connectivity index (χ1v) is 9.10. The smallest absolute Gasteiger partial charge is 0.253 e. The molecule has 142 valence electrons. The average molecular weight is 339 g/mol. The Labute approximate surface area is 152 Å². The second kappa shape index (κ2) is 26.3. The average Bonchev–Trinajstić information content (AvgIpc) is 2.65. The number of amides is 1. The first-order valence-electron chi connectivity index (χ1n) is 9.10. The molecule has 3 nitrogen and oxygen atoms in total. The highest BCUT2D eigenvalue weighted by atomic mass is 16.2. The Bertz CT molecular complexity index is 359. The summed E-state index contributed by atoms with van der Waals surface area (Å²) >= 11 is 0. The molecule has 0 saturated heterocycles. The third kappa shape index (κ3) is 18.4. The minimum atomic E-state index is 0.0743. The molecule has 0 saturated carbocycles. The minimum Gasteiger partial charge on any atom is -0.340 e. The summed E-state index contributed by atoms with van der Waals surface area (Å²) in [6, 6.07) is 7.65. The van der Waals surface area contributed by atoms with Crippen LogP contribution in [0.5, 0.6) is 0 Å². The van der Waals surface area contributed by atoms with Crippen molar-refractivity contribution >= 4 is 5.91 Å². The van der Waals surface area contributed by atoms with Gasteiger partial charge in [0.05, 0.1) is 0 Å². The number of benzene rings is 1. The zero-order valence-corrected chi connectivity index (χ0v) is 17.9. The molecule has 0 aromatic heterocycles. The fourth-order valence-electron chi connectivity index (χ4n) is 1.30. The fourth-order valence-corrected chi connectivity index (χ4v) is 1.30. The molecule has 1 amide bonds. The van der Waals surface area contributed by atoms with Crippen LogP contribution in [0, 0.1) is 6.92 Å². The summed E-state index contributed by atoms with van der Waals surface area (Å²) in [5, 5.41) is 3.02. The van der Waals surface area contributed by atoms with Crippen LogP contribution in [0.15, 0.2) is 36.9 Å². The molecule has 1 aromatic rings. The van der Waals surface area contributed by atoms with Gasteiger partial charge in [-0.15, -0.1) is 6.58 Å². The van der Waals surface area contributed by atoms with Gasteiger partial charge in [0, 0.05) is 25.7 Å². The van der Waals surface area contributed by atoms with E-state index in [0.717, 1.165) is 18.7 Å². The van der Waals surface area contributed by atoms with Crippen molar-refractivity contribution in [1.82, 2.24) is 10.2 Å². The van der Waals surface area contributed by atoms with Gasteiger partial charge < -0.3 is 10.2 Å². The van der Waals surface area contributed by atoms with Crippen molar-refractivity contribution in [1.29, 1.82) is 0 Å². The number of nitrogens with zero attached hydrogens (tertiary/aromatic N) is 1. The molecule has 1 aromatic carbocycles. The van der Waals surface area contributed by atoms with Crippen LogP contribution in [0.25, 0.3) is 0 Å². The highest BCUT2D eigenvalue weighted by Crippen LogP contribution is 2.05.